The number of piperazine rings is 1. The van der Waals surface area contributed by atoms with E-state index in [-0.39, 0.29) is 17.8 Å². The second-order valence-corrected chi connectivity index (χ2v) is 6.96. The first-order valence-electron chi connectivity index (χ1n) is 9.15. The zero-order chi connectivity index (χ0) is 19.4. The Balaban J connectivity index is 1.58. The van der Waals surface area contributed by atoms with Gasteiger partial charge in [-0.15, -0.1) is 0 Å². The summed E-state index contributed by atoms with van der Waals surface area (Å²) in [7, 11) is 0. The van der Waals surface area contributed by atoms with Crippen LogP contribution in [0.1, 0.15) is 35.7 Å². The minimum Gasteiger partial charge on any atom is -0.335 e. The molecule has 5 nitrogen and oxygen atoms in total. The molecule has 0 aromatic heterocycles. The van der Waals surface area contributed by atoms with E-state index in [0.717, 1.165) is 11.3 Å². The molecule has 0 aliphatic carbocycles. The van der Waals surface area contributed by atoms with Gasteiger partial charge in [-0.25, -0.2) is 9.18 Å². The summed E-state index contributed by atoms with van der Waals surface area (Å²) < 4.78 is 13.0. The summed E-state index contributed by atoms with van der Waals surface area (Å²) in [6.45, 7) is 6.01. The van der Waals surface area contributed by atoms with Crippen molar-refractivity contribution >= 4 is 17.6 Å². The third kappa shape index (κ3) is 4.45. The summed E-state index contributed by atoms with van der Waals surface area (Å²) in [6, 6.07) is 13.2. The lowest BCUT2D eigenvalue weighted by Crippen LogP contribution is -2.51. The molecule has 3 amide bonds. The van der Waals surface area contributed by atoms with Gasteiger partial charge >= 0.3 is 6.03 Å². The first-order valence-corrected chi connectivity index (χ1v) is 9.15. The summed E-state index contributed by atoms with van der Waals surface area (Å²) in [6.07, 6.45) is 0. The van der Waals surface area contributed by atoms with Crippen molar-refractivity contribution in [1.82, 2.24) is 9.80 Å². The number of nitrogens with zero attached hydrogens (tertiary/aromatic N) is 2. The van der Waals surface area contributed by atoms with Crippen molar-refractivity contribution in [3.8, 4) is 0 Å². The normalized spacial score (nSPS) is 14.4. The van der Waals surface area contributed by atoms with Crippen LogP contribution < -0.4 is 5.32 Å². The maximum Gasteiger partial charge on any atom is 0.321 e. The molecule has 1 aliphatic rings. The highest BCUT2D eigenvalue weighted by Crippen LogP contribution is 2.24. The van der Waals surface area contributed by atoms with Crippen LogP contribution in [0.4, 0.5) is 14.9 Å². The SMILES string of the molecule is CC(C)c1ccccc1NC(=O)N1CCN(C(=O)c2ccc(F)cc2)CC1. The maximum absolute atomic E-state index is 13.0. The number of carbonyl (C=O) groups excluding carboxylic acids is 2. The molecule has 142 valence electrons. The van der Waals surface area contributed by atoms with Gasteiger partial charge in [-0.05, 0) is 41.8 Å². The molecule has 2 aromatic rings. The van der Waals surface area contributed by atoms with Gasteiger partial charge in [0.25, 0.3) is 5.91 Å². The largest absolute Gasteiger partial charge is 0.335 e. The molecule has 0 atom stereocenters. The Labute approximate surface area is 158 Å². The van der Waals surface area contributed by atoms with E-state index in [2.05, 4.69) is 19.2 Å². The quantitative estimate of drug-likeness (QED) is 0.891. The van der Waals surface area contributed by atoms with Crippen LogP contribution in [-0.2, 0) is 0 Å². The van der Waals surface area contributed by atoms with Crippen molar-refractivity contribution in [2.75, 3.05) is 31.5 Å². The summed E-state index contributed by atoms with van der Waals surface area (Å²) in [5.41, 5.74) is 2.37. The van der Waals surface area contributed by atoms with Crippen LogP contribution in [0.3, 0.4) is 0 Å². The van der Waals surface area contributed by atoms with Crippen molar-refractivity contribution < 1.29 is 14.0 Å². The Morgan fingerprint density at radius 3 is 2.15 bits per heavy atom. The molecule has 1 fully saturated rings. The lowest BCUT2D eigenvalue weighted by molar-refractivity contribution is 0.0671. The van der Waals surface area contributed by atoms with Gasteiger partial charge in [0.2, 0.25) is 0 Å². The summed E-state index contributed by atoms with van der Waals surface area (Å²) in [5, 5.41) is 2.99. The molecular weight excluding hydrogens is 345 g/mol. The van der Waals surface area contributed by atoms with E-state index < -0.39 is 0 Å². The minimum atomic E-state index is -0.366. The number of para-hydroxylation sites is 1. The third-order valence-electron chi connectivity index (χ3n) is 4.77. The lowest BCUT2D eigenvalue weighted by atomic mass is 10.0. The zero-order valence-electron chi connectivity index (χ0n) is 15.6. The van der Waals surface area contributed by atoms with Gasteiger partial charge in [0.1, 0.15) is 5.82 Å². The number of anilines is 1. The van der Waals surface area contributed by atoms with Crippen molar-refractivity contribution in [2.24, 2.45) is 0 Å². The molecular formula is C21H24FN3O2. The van der Waals surface area contributed by atoms with Gasteiger partial charge in [0.05, 0.1) is 0 Å². The number of urea groups is 1. The minimum absolute atomic E-state index is 0.139. The number of nitrogens with one attached hydrogen (secondary N) is 1. The standard InChI is InChI=1S/C21H24FN3O2/c1-15(2)18-5-3-4-6-19(18)23-21(27)25-13-11-24(12-14-25)20(26)16-7-9-17(22)10-8-16/h3-10,15H,11-14H2,1-2H3,(H,23,27). The van der Waals surface area contributed by atoms with Crippen molar-refractivity contribution in [2.45, 2.75) is 19.8 Å². The van der Waals surface area contributed by atoms with Gasteiger partial charge in [-0.3, -0.25) is 4.79 Å². The molecule has 0 spiro atoms. The fourth-order valence-electron chi connectivity index (χ4n) is 3.20. The first-order chi connectivity index (χ1) is 13.0. The molecule has 1 saturated heterocycles. The van der Waals surface area contributed by atoms with Crippen LogP contribution >= 0.6 is 0 Å². The van der Waals surface area contributed by atoms with E-state index >= 15 is 0 Å². The number of carbonyl (C=O) groups is 2. The Kier molecular flexibility index (Phi) is 5.74. The number of benzene rings is 2. The fraction of sp³-hybridized carbons (Fsp3) is 0.333. The molecule has 0 saturated carbocycles. The highest BCUT2D eigenvalue weighted by Gasteiger charge is 2.25. The molecule has 2 aromatic carbocycles. The molecule has 3 rings (SSSR count). The van der Waals surface area contributed by atoms with E-state index in [1.54, 1.807) is 9.80 Å². The average molecular weight is 369 g/mol. The molecule has 6 heteroatoms. The predicted octanol–water partition coefficient (Wildman–Crippen LogP) is 3.94. The van der Waals surface area contributed by atoms with E-state index in [1.165, 1.54) is 24.3 Å². The Bertz CT molecular complexity index is 812. The molecule has 1 aliphatic heterocycles. The first kappa shape index (κ1) is 18.9. The van der Waals surface area contributed by atoms with Crippen molar-refractivity contribution in [1.29, 1.82) is 0 Å². The van der Waals surface area contributed by atoms with Crippen LogP contribution in [0.15, 0.2) is 48.5 Å². The Hall–Kier alpha value is -2.89. The van der Waals surface area contributed by atoms with E-state index in [1.807, 2.05) is 24.3 Å². The smallest absolute Gasteiger partial charge is 0.321 e. The van der Waals surface area contributed by atoms with E-state index in [4.69, 9.17) is 0 Å². The Morgan fingerprint density at radius 1 is 0.926 bits per heavy atom. The number of halogens is 1. The number of rotatable bonds is 3. The van der Waals surface area contributed by atoms with E-state index in [9.17, 15) is 14.0 Å². The third-order valence-corrected chi connectivity index (χ3v) is 4.77. The van der Waals surface area contributed by atoms with Crippen LogP contribution in [0.25, 0.3) is 0 Å². The zero-order valence-corrected chi connectivity index (χ0v) is 15.6. The Morgan fingerprint density at radius 2 is 1.52 bits per heavy atom. The van der Waals surface area contributed by atoms with Gasteiger partial charge < -0.3 is 15.1 Å². The number of amides is 3. The fourth-order valence-corrected chi connectivity index (χ4v) is 3.20. The highest BCUT2D eigenvalue weighted by molar-refractivity contribution is 5.94. The number of hydrogen-bond acceptors (Lipinski definition) is 2. The highest BCUT2D eigenvalue weighted by atomic mass is 19.1. The molecule has 0 unspecified atom stereocenters. The predicted molar refractivity (Wildman–Crippen MR) is 103 cm³/mol. The topological polar surface area (TPSA) is 52.7 Å². The van der Waals surface area contributed by atoms with Crippen molar-refractivity contribution in [3.05, 3.63) is 65.5 Å². The second kappa shape index (κ2) is 8.20. The van der Waals surface area contributed by atoms with Crippen LogP contribution in [0.5, 0.6) is 0 Å². The lowest BCUT2D eigenvalue weighted by Gasteiger charge is -2.35. The summed E-state index contributed by atoms with van der Waals surface area (Å²) in [4.78, 5) is 28.5. The molecule has 1 N–H and O–H groups in total. The molecule has 27 heavy (non-hydrogen) atoms. The van der Waals surface area contributed by atoms with Gasteiger partial charge in [0.15, 0.2) is 0 Å². The summed E-state index contributed by atoms with van der Waals surface area (Å²) in [5.74, 6) is -0.193. The van der Waals surface area contributed by atoms with Crippen LogP contribution in [-0.4, -0.2) is 47.9 Å². The maximum atomic E-state index is 13.0. The number of hydrogen-bond donors (Lipinski definition) is 1. The van der Waals surface area contributed by atoms with Gasteiger partial charge in [-0.1, -0.05) is 32.0 Å². The molecule has 0 radical (unpaired) electrons. The second-order valence-electron chi connectivity index (χ2n) is 6.96. The van der Waals surface area contributed by atoms with E-state index in [0.29, 0.717) is 37.7 Å². The molecule has 0 bridgehead atoms. The van der Waals surface area contributed by atoms with Gasteiger partial charge in [0, 0.05) is 37.4 Å². The average Bonchev–Trinajstić information content (AvgIpc) is 2.68. The van der Waals surface area contributed by atoms with Gasteiger partial charge in [-0.2, -0.15) is 0 Å². The van der Waals surface area contributed by atoms with Crippen molar-refractivity contribution in [3.63, 3.8) is 0 Å². The molecule has 1 heterocycles. The summed E-state index contributed by atoms with van der Waals surface area (Å²) >= 11 is 0. The monoisotopic (exact) mass is 369 g/mol. The van der Waals surface area contributed by atoms with Crippen LogP contribution in [0, 0.1) is 5.82 Å². The van der Waals surface area contributed by atoms with Crippen LogP contribution in [0.2, 0.25) is 0 Å².